The Morgan fingerprint density at radius 3 is 2.00 bits per heavy atom. The van der Waals surface area contributed by atoms with Gasteiger partial charge in [0, 0.05) is 43.8 Å². The highest BCUT2D eigenvalue weighted by Gasteiger charge is 2.33. The van der Waals surface area contributed by atoms with Gasteiger partial charge < -0.3 is 5.32 Å². The fraction of sp³-hybridized carbons (Fsp3) is 1.00. The van der Waals surface area contributed by atoms with Crippen molar-refractivity contribution in [2.45, 2.75) is 70.0 Å². The van der Waals surface area contributed by atoms with E-state index in [1.165, 1.54) is 71.2 Å². The maximum absolute atomic E-state index is 3.64. The zero-order chi connectivity index (χ0) is 13.3. The lowest BCUT2D eigenvalue weighted by atomic mass is 9.88. The first-order valence-electron chi connectivity index (χ1n) is 8.37. The van der Waals surface area contributed by atoms with Crippen LogP contribution in [0.15, 0.2) is 0 Å². The molecular weight excluding hydrogens is 234 g/mol. The number of rotatable bonds is 2. The second kappa shape index (κ2) is 5.71. The van der Waals surface area contributed by atoms with Gasteiger partial charge in [0.05, 0.1) is 0 Å². The summed E-state index contributed by atoms with van der Waals surface area (Å²) in [6.07, 6.45) is 8.50. The SMILES string of the molecule is CC1(C)CC(N2CCN(C3CCCC3)CC2)CCN1. The van der Waals surface area contributed by atoms with Gasteiger partial charge in [0.1, 0.15) is 0 Å². The van der Waals surface area contributed by atoms with E-state index in [4.69, 9.17) is 0 Å². The average molecular weight is 265 g/mol. The van der Waals surface area contributed by atoms with Gasteiger partial charge in [-0.05, 0) is 46.1 Å². The van der Waals surface area contributed by atoms with Gasteiger partial charge in [0.2, 0.25) is 0 Å². The first kappa shape index (κ1) is 13.8. The summed E-state index contributed by atoms with van der Waals surface area (Å²) >= 11 is 0. The van der Waals surface area contributed by atoms with Crippen molar-refractivity contribution in [2.24, 2.45) is 0 Å². The second-order valence-electron chi connectivity index (χ2n) is 7.47. The molecule has 0 radical (unpaired) electrons. The van der Waals surface area contributed by atoms with Crippen molar-refractivity contribution in [1.82, 2.24) is 15.1 Å². The number of nitrogens with one attached hydrogen (secondary N) is 1. The Balaban J connectivity index is 1.49. The lowest BCUT2D eigenvalue weighted by molar-refractivity contribution is 0.0455. The molecule has 0 aromatic heterocycles. The number of hydrogen-bond donors (Lipinski definition) is 1. The molecule has 0 aromatic carbocycles. The molecule has 1 saturated carbocycles. The van der Waals surface area contributed by atoms with Crippen molar-refractivity contribution in [3.63, 3.8) is 0 Å². The van der Waals surface area contributed by atoms with Crippen LogP contribution in [0.4, 0.5) is 0 Å². The molecule has 1 aliphatic carbocycles. The van der Waals surface area contributed by atoms with Gasteiger partial charge in [-0.3, -0.25) is 9.80 Å². The number of hydrogen-bond acceptors (Lipinski definition) is 3. The lowest BCUT2D eigenvalue weighted by Crippen LogP contribution is -2.58. The van der Waals surface area contributed by atoms with Crippen LogP contribution in [0.25, 0.3) is 0 Å². The monoisotopic (exact) mass is 265 g/mol. The van der Waals surface area contributed by atoms with Gasteiger partial charge in [-0.25, -0.2) is 0 Å². The summed E-state index contributed by atoms with van der Waals surface area (Å²) in [7, 11) is 0. The number of piperidine rings is 1. The normalized spacial score (nSPS) is 34.7. The van der Waals surface area contributed by atoms with Crippen molar-refractivity contribution in [2.75, 3.05) is 32.7 Å². The maximum Gasteiger partial charge on any atom is 0.0140 e. The third-order valence-electron chi connectivity index (χ3n) is 5.53. The van der Waals surface area contributed by atoms with Crippen molar-refractivity contribution < 1.29 is 0 Å². The van der Waals surface area contributed by atoms with Crippen molar-refractivity contribution in [3.05, 3.63) is 0 Å². The minimum Gasteiger partial charge on any atom is -0.312 e. The quantitative estimate of drug-likeness (QED) is 0.825. The van der Waals surface area contributed by atoms with Crippen LogP contribution >= 0.6 is 0 Å². The van der Waals surface area contributed by atoms with Crippen LogP contribution in [0.2, 0.25) is 0 Å². The Bertz CT molecular complexity index is 288. The van der Waals surface area contributed by atoms with E-state index >= 15 is 0 Å². The highest BCUT2D eigenvalue weighted by atomic mass is 15.3. The Morgan fingerprint density at radius 2 is 1.42 bits per heavy atom. The van der Waals surface area contributed by atoms with E-state index in [2.05, 4.69) is 29.0 Å². The highest BCUT2D eigenvalue weighted by molar-refractivity contribution is 4.92. The Kier molecular flexibility index (Phi) is 4.16. The van der Waals surface area contributed by atoms with Gasteiger partial charge in [-0.15, -0.1) is 0 Å². The molecule has 3 nitrogen and oxygen atoms in total. The molecule has 2 aliphatic heterocycles. The molecule has 3 rings (SSSR count). The third kappa shape index (κ3) is 3.32. The van der Waals surface area contributed by atoms with E-state index in [1.807, 2.05) is 0 Å². The van der Waals surface area contributed by atoms with Crippen molar-refractivity contribution in [1.29, 1.82) is 0 Å². The molecule has 0 amide bonds. The smallest absolute Gasteiger partial charge is 0.0140 e. The molecule has 19 heavy (non-hydrogen) atoms. The van der Waals surface area contributed by atoms with Gasteiger partial charge in [-0.1, -0.05) is 12.8 Å². The average Bonchev–Trinajstić information content (AvgIpc) is 2.92. The molecule has 2 saturated heterocycles. The van der Waals surface area contributed by atoms with E-state index in [9.17, 15) is 0 Å². The first-order chi connectivity index (χ1) is 9.14. The van der Waals surface area contributed by atoms with Crippen LogP contribution in [-0.2, 0) is 0 Å². The summed E-state index contributed by atoms with van der Waals surface area (Å²) in [6, 6.07) is 1.74. The van der Waals surface area contributed by atoms with E-state index in [0.717, 1.165) is 12.1 Å². The molecule has 1 unspecified atom stereocenters. The van der Waals surface area contributed by atoms with Crippen LogP contribution in [0.3, 0.4) is 0 Å². The predicted octanol–water partition coefficient (Wildman–Crippen LogP) is 2.08. The topological polar surface area (TPSA) is 18.5 Å². The van der Waals surface area contributed by atoms with Crippen LogP contribution in [0.5, 0.6) is 0 Å². The van der Waals surface area contributed by atoms with Crippen LogP contribution in [0.1, 0.15) is 52.4 Å². The Morgan fingerprint density at radius 1 is 0.842 bits per heavy atom. The molecule has 0 spiro atoms. The molecule has 1 N–H and O–H groups in total. The molecule has 2 heterocycles. The zero-order valence-corrected chi connectivity index (χ0v) is 12.8. The summed E-state index contributed by atoms with van der Waals surface area (Å²) in [5.41, 5.74) is 0.339. The molecular formula is C16H31N3. The van der Waals surface area contributed by atoms with Gasteiger partial charge in [-0.2, -0.15) is 0 Å². The highest BCUT2D eigenvalue weighted by Crippen LogP contribution is 2.27. The summed E-state index contributed by atoms with van der Waals surface area (Å²) in [5.74, 6) is 0. The molecule has 0 bridgehead atoms. The van der Waals surface area contributed by atoms with E-state index in [1.54, 1.807) is 0 Å². The number of piperazine rings is 1. The Hall–Kier alpha value is -0.120. The first-order valence-corrected chi connectivity index (χ1v) is 8.37. The van der Waals surface area contributed by atoms with Crippen molar-refractivity contribution in [3.8, 4) is 0 Å². The third-order valence-corrected chi connectivity index (χ3v) is 5.53. The number of nitrogens with zero attached hydrogens (tertiary/aromatic N) is 2. The van der Waals surface area contributed by atoms with E-state index < -0.39 is 0 Å². The molecule has 3 aliphatic rings. The van der Waals surface area contributed by atoms with Crippen LogP contribution in [-0.4, -0.2) is 60.1 Å². The fourth-order valence-electron chi connectivity index (χ4n) is 4.39. The summed E-state index contributed by atoms with van der Waals surface area (Å²) in [6.45, 7) is 11.1. The molecule has 0 aromatic rings. The summed E-state index contributed by atoms with van der Waals surface area (Å²) in [4.78, 5) is 5.55. The largest absolute Gasteiger partial charge is 0.312 e. The minimum atomic E-state index is 0.339. The standard InChI is InChI=1S/C16H31N3/c1-16(2)13-15(7-8-17-16)19-11-9-18(10-12-19)14-5-3-4-6-14/h14-15,17H,3-13H2,1-2H3. The molecule has 3 heteroatoms. The maximum atomic E-state index is 3.64. The van der Waals surface area contributed by atoms with E-state index in [-0.39, 0.29) is 0 Å². The zero-order valence-electron chi connectivity index (χ0n) is 12.8. The second-order valence-corrected chi connectivity index (χ2v) is 7.47. The van der Waals surface area contributed by atoms with E-state index in [0.29, 0.717) is 5.54 Å². The summed E-state index contributed by atoms with van der Waals surface area (Å²) in [5, 5.41) is 3.64. The molecule has 1 atom stereocenters. The van der Waals surface area contributed by atoms with Crippen LogP contribution in [0, 0.1) is 0 Å². The minimum absolute atomic E-state index is 0.339. The molecule has 110 valence electrons. The van der Waals surface area contributed by atoms with Crippen LogP contribution < -0.4 is 5.32 Å². The van der Waals surface area contributed by atoms with Crippen molar-refractivity contribution >= 4 is 0 Å². The van der Waals surface area contributed by atoms with Gasteiger partial charge in [0.15, 0.2) is 0 Å². The molecule has 3 fully saturated rings. The predicted molar refractivity (Wildman–Crippen MR) is 80.5 cm³/mol. The summed E-state index contributed by atoms with van der Waals surface area (Å²) < 4.78 is 0. The lowest BCUT2D eigenvalue weighted by Gasteiger charge is -2.46. The Labute approximate surface area is 118 Å². The van der Waals surface area contributed by atoms with Gasteiger partial charge >= 0.3 is 0 Å². The van der Waals surface area contributed by atoms with Gasteiger partial charge in [0.25, 0.3) is 0 Å². The fourth-order valence-corrected chi connectivity index (χ4v) is 4.39.